The van der Waals surface area contributed by atoms with Gasteiger partial charge in [-0.05, 0) is 54.3 Å². The number of amides is 1. The molecule has 3 rings (SSSR count). The Balaban J connectivity index is 1.70. The average Bonchev–Trinajstić information content (AvgIpc) is 2.85. The lowest BCUT2D eigenvalue weighted by Gasteiger charge is -2.10. The lowest BCUT2D eigenvalue weighted by Crippen LogP contribution is -2.17. The van der Waals surface area contributed by atoms with Gasteiger partial charge in [-0.1, -0.05) is 53.8 Å². The molecule has 0 aromatic heterocycles. The van der Waals surface area contributed by atoms with E-state index < -0.39 is 5.91 Å². The van der Waals surface area contributed by atoms with Gasteiger partial charge >= 0.3 is 0 Å². The Morgan fingerprint density at radius 2 is 1.91 bits per heavy atom. The number of nitrogens with zero attached hydrogens (tertiary/aromatic N) is 1. The number of hydrogen-bond donors (Lipinski definition) is 2. The van der Waals surface area contributed by atoms with Crippen molar-refractivity contribution in [1.29, 1.82) is 0 Å². The maximum atomic E-state index is 12.3. The van der Waals surface area contributed by atoms with Crippen LogP contribution in [0.15, 0.2) is 65.8 Å². The lowest BCUT2D eigenvalue weighted by atomic mass is 10.1. The van der Waals surface area contributed by atoms with Crippen molar-refractivity contribution in [3.8, 4) is 29.1 Å². The summed E-state index contributed by atoms with van der Waals surface area (Å²) >= 11 is 5.85. The third-order valence-electron chi connectivity index (χ3n) is 4.92. The number of halogens is 1. The van der Waals surface area contributed by atoms with Crippen LogP contribution in [-0.2, 0) is 6.42 Å². The number of benzene rings is 3. The quantitative estimate of drug-likeness (QED) is 0.203. The Labute approximate surface area is 204 Å². The molecule has 0 radical (unpaired) electrons. The van der Waals surface area contributed by atoms with Crippen LogP contribution in [0, 0.1) is 11.8 Å². The van der Waals surface area contributed by atoms with E-state index >= 15 is 0 Å². The van der Waals surface area contributed by atoms with E-state index in [1.165, 1.54) is 30.0 Å². The Hall–Kier alpha value is -3.95. The number of aryl methyl sites for hydroxylation is 1. The first kappa shape index (κ1) is 24.7. The fourth-order valence-electron chi connectivity index (χ4n) is 3.21. The van der Waals surface area contributed by atoms with Gasteiger partial charge in [0.05, 0.1) is 31.0 Å². The lowest BCUT2D eigenvalue weighted by molar-refractivity contribution is 0.0955. The summed E-state index contributed by atoms with van der Waals surface area (Å²) in [6, 6.07) is 18.0. The van der Waals surface area contributed by atoms with Gasteiger partial charge in [-0.3, -0.25) is 4.79 Å². The molecule has 1 amide bonds. The topological polar surface area (TPSA) is 80.2 Å². The molecule has 0 bridgehead atoms. The predicted molar refractivity (Wildman–Crippen MR) is 134 cm³/mol. The van der Waals surface area contributed by atoms with Gasteiger partial charge in [0.15, 0.2) is 11.5 Å². The first-order chi connectivity index (χ1) is 16.5. The normalized spacial score (nSPS) is 10.4. The number of ether oxygens (including phenoxy) is 2. The van der Waals surface area contributed by atoms with Gasteiger partial charge in [0.2, 0.25) is 0 Å². The van der Waals surface area contributed by atoms with Gasteiger partial charge in [0.25, 0.3) is 5.91 Å². The predicted octanol–water partition coefficient (Wildman–Crippen LogP) is 5.20. The summed E-state index contributed by atoms with van der Waals surface area (Å²) in [6.45, 7) is 0. The molecule has 0 fully saturated rings. The van der Waals surface area contributed by atoms with E-state index in [0.717, 1.165) is 19.3 Å². The molecule has 0 saturated carbocycles. The molecule has 3 aromatic carbocycles. The zero-order valence-electron chi connectivity index (χ0n) is 19.0. The monoisotopic (exact) mass is 476 g/mol. The number of carbonyl (C=O) groups excluding carboxylic acids is 1. The molecule has 0 aliphatic rings. The summed E-state index contributed by atoms with van der Waals surface area (Å²) in [5, 5.41) is 13.6. The van der Waals surface area contributed by atoms with Crippen molar-refractivity contribution >= 4 is 23.7 Å². The maximum Gasteiger partial charge on any atom is 0.271 e. The highest BCUT2D eigenvalue weighted by molar-refractivity contribution is 6.32. The fraction of sp³-hybridized carbons (Fsp3) is 0.185. The number of hydrogen-bond acceptors (Lipinski definition) is 5. The maximum absolute atomic E-state index is 12.3. The molecule has 174 valence electrons. The molecule has 0 unspecified atom stereocenters. The van der Waals surface area contributed by atoms with Gasteiger partial charge in [-0.15, -0.1) is 0 Å². The second-order valence-electron chi connectivity index (χ2n) is 7.31. The minimum atomic E-state index is -0.461. The number of phenols is 1. The average molecular weight is 477 g/mol. The molecule has 34 heavy (non-hydrogen) atoms. The first-order valence-electron chi connectivity index (χ1n) is 10.6. The van der Waals surface area contributed by atoms with Crippen molar-refractivity contribution in [1.82, 2.24) is 5.43 Å². The van der Waals surface area contributed by atoms with Crippen LogP contribution in [0.2, 0.25) is 5.02 Å². The number of nitrogens with one attached hydrogen (secondary N) is 1. The van der Waals surface area contributed by atoms with Crippen LogP contribution in [0.4, 0.5) is 0 Å². The number of rotatable bonds is 8. The second kappa shape index (κ2) is 12.3. The summed E-state index contributed by atoms with van der Waals surface area (Å²) in [6.07, 6.45) is 4.14. The number of unbranched alkanes of at least 4 members (excludes halogenated alkanes) is 1. The van der Waals surface area contributed by atoms with Crippen molar-refractivity contribution in [2.75, 3.05) is 14.2 Å². The Morgan fingerprint density at radius 1 is 1.12 bits per heavy atom. The van der Waals surface area contributed by atoms with Crippen molar-refractivity contribution in [3.63, 3.8) is 0 Å². The van der Waals surface area contributed by atoms with Gasteiger partial charge in [0.1, 0.15) is 5.75 Å². The smallest absolute Gasteiger partial charge is 0.271 e. The van der Waals surface area contributed by atoms with E-state index in [-0.39, 0.29) is 16.3 Å². The van der Waals surface area contributed by atoms with E-state index in [1.54, 1.807) is 20.3 Å². The highest BCUT2D eigenvalue weighted by atomic mass is 35.5. The van der Waals surface area contributed by atoms with Crippen molar-refractivity contribution < 1.29 is 19.4 Å². The number of methoxy groups -OCH3 is 2. The van der Waals surface area contributed by atoms with Crippen molar-refractivity contribution in [2.24, 2.45) is 5.10 Å². The van der Waals surface area contributed by atoms with E-state index in [0.29, 0.717) is 22.6 Å². The Kier molecular flexibility index (Phi) is 8.96. The van der Waals surface area contributed by atoms with Crippen LogP contribution in [-0.4, -0.2) is 31.4 Å². The van der Waals surface area contributed by atoms with Gasteiger partial charge < -0.3 is 14.6 Å². The largest absolute Gasteiger partial charge is 0.506 e. The third kappa shape index (κ3) is 6.77. The Bertz CT molecular complexity index is 1230. The second-order valence-corrected chi connectivity index (χ2v) is 7.72. The zero-order valence-corrected chi connectivity index (χ0v) is 19.7. The highest BCUT2D eigenvalue weighted by Gasteiger charge is 2.11. The molecule has 2 N–H and O–H groups in total. The molecular formula is C27H25ClN2O4. The molecule has 6 nitrogen and oxygen atoms in total. The fourth-order valence-corrected chi connectivity index (χ4v) is 3.40. The van der Waals surface area contributed by atoms with Crippen molar-refractivity contribution in [3.05, 3.63) is 87.9 Å². The number of hydrazone groups is 1. The van der Waals surface area contributed by atoms with Crippen molar-refractivity contribution in [2.45, 2.75) is 19.3 Å². The van der Waals surface area contributed by atoms with Crippen LogP contribution in [0.1, 0.15) is 39.9 Å². The number of phenolic OH excluding ortho intramolecular Hbond substituents is 1. The van der Waals surface area contributed by atoms with Crippen LogP contribution in [0.5, 0.6) is 17.2 Å². The highest BCUT2D eigenvalue weighted by Crippen LogP contribution is 2.31. The molecule has 3 aromatic rings. The summed E-state index contributed by atoms with van der Waals surface area (Å²) in [5.74, 6) is 6.85. The van der Waals surface area contributed by atoms with Crippen LogP contribution >= 0.6 is 11.6 Å². The van der Waals surface area contributed by atoms with Crippen LogP contribution in [0.25, 0.3) is 0 Å². The van der Waals surface area contributed by atoms with Gasteiger partial charge in [-0.25, -0.2) is 5.43 Å². The summed E-state index contributed by atoms with van der Waals surface area (Å²) in [7, 11) is 3.11. The van der Waals surface area contributed by atoms with E-state index in [4.69, 9.17) is 21.1 Å². The zero-order chi connectivity index (χ0) is 24.3. The minimum Gasteiger partial charge on any atom is -0.506 e. The Morgan fingerprint density at radius 3 is 2.62 bits per heavy atom. The SMILES string of the molecule is COc1cc(C=NNC(=O)c2ccc(O)c(Cl)c2)cc(C#CCCCc2ccccc2)c1OC. The standard InChI is InChI=1S/C27H25ClN2O4/c1-33-25-16-20(18-29-30-27(32)22-13-14-24(31)23(28)17-22)15-21(26(25)34-2)12-8-4-7-11-19-9-5-3-6-10-19/h3,5-6,9-10,13-18,31H,4,7,11H2,1-2H3,(H,30,32). The first-order valence-corrected chi connectivity index (χ1v) is 11.0. The molecule has 0 aliphatic carbocycles. The van der Waals surface area contributed by atoms with E-state index in [2.05, 4.69) is 34.5 Å². The minimum absolute atomic E-state index is 0.0866. The summed E-state index contributed by atoms with van der Waals surface area (Å²) in [5.41, 5.74) is 5.34. The molecule has 0 atom stereocenters. The number of aromatic hydroxyl groups is 1. The molecule has 0 saturated heterocycles. The van der Waals surface area contributed by atoms with Crippen LogP contribution < -0.4 is 14.9 Å². The summed E-state index contributed by atoms with van der Waals surface area (Å²) < 4.78 is 10.9. The molecule has 0 heterocycles. The van der Waals surface area contributed by atoms with E-state index in [9.17, 15) is 9.90 Å². The molecule has 0 spiro atoms. The molecule has 7 heteroatoms. The summed E-state index contributed by atoms with van der Waals surface area (Å²) in [4.78, 5) is 12.3. The van der Waals surface area contributed by atoms with Gasteiger partial charge in [-0.2, -0.15) is 5.10 Å². The van der Waals surface area contributed by atoms with Crippen LogP contribution in [0.3, 0.4) is 0 Å². The number of carbonyl (C=O) groups is 1. The third-order valence-corrected chi connectivity index (χ3v) is 5.23. The molecule has 0 aliphatic heterocycles. The van der Waals surface area contributed by atoms with E-state index in [1.807, 2.05) is 24.3 Å². The molecular weight excluding hydrogens is 452 g/mol. The van der Waals surface area contributed by atoms with Gasteiger partial charge in [0, 0.05) is 12.0 Å².